The van der Waals surface area contributed by atoms with E-state index < -0.39 is 0 Å². The monoisotopic (exact) mass is 408 g/mol. The molecule has 0 bridgehead atoms. The van der Waals surface area contributed by atoms with Crippen LogP contribution in [-0.4, -0.2) is 12.6 Å². The third kappa shape index (κ3) is 5.20. The highest BCUT2D eigenvalue weighted by Crippen LogP contribution is 2.17. The van der Waals surface area contributed by atoms with Crippen molar-refractivity contribution in [2.45, 2.75) is 13.0 Å². The van der Waals surface area contributed by atoms with Crippen molar-refractivity contribution < 1.29 is 4.79 Å². The topological polar surface area (TPSA) is 32.3 Å². The van der Waals surface area contributed by atoms with Gasteiger partial charge in [0.15, 0.2) is 0 Å². The molecule has 0 saturated carbocycles. The molecule has 0 fully saturated rings. The largest absolute Gasteiger partial charge is 0.337 e. The van der Waals surface area contributed by atoms with Gasteiger partial charge in [-0.2, -0.15) is 0 Å². The lowest BCUT2D eigenvalue weighted by Gasteiger charge is -2.23. The van der Waals surface area contributed by atoms with Gasteiger partial charge in [0.05, 0.1) is 6.54 Å². The van der Waals surface area contributed by atoms with Crippen LogP contribution in [0.4, 0.5) is 10.5 Å². The van der Waals surface area contributed by atoms with Gasteiger partial charge in [-0.3, -0.25) is 4.90 Å². The second-order valence-corrected chi connectivity index (χ2v) is 6.93. The van der Waals surface area contributed by atoms with Crippen LogP contribution in [0.25, 0.3) is 0 Å². The van der Waals surface area contributed by atoms with Crippen molar-refractivity contribution in [3.05, 3.63) is 101 Å². The van der Waals surface area contributed by atoms with E-state index in [-0.39, 0.29) is 6.03 Å². The molecule has 0 heterocycles. The van der Waals surface area contributed by atoms with E-state index in [1.165, 1.54) is 5.56 Å². The van der Waals surface area contributed by atoms with Crippen LogP contribution in [0.5, 0.6) is 0 Å². The predicted octanol–water partition coefficient (Wildman–Crippen LogP) is 5.41. The molecule has 132 valence electrons. The number of rotatable bonds is 6. The van der Waals surface area contributed by atoms with E-state index in [0.717, 1.165) is 22.1 Å². The molecule has 4 heteroatoms. The number of benzene rings is 3. The Morgan fingerprint density at radius 1 is 0.808 bits per heavy atom. The lowest BCUT2D eigenvalue weighted by atomic mass is 10.1. The van der Waals surface area contributed by atoms with Gasteiger partial charge in [0.2, 0.25) is 0 Å². The normalized spacial score (nSPS) is 10.3. The summed E-state index contributed by atoms with van der Waals surface area (Å²) in [5.41, 5.74) is 3.18. The van der Waals surface area contributed by atoms with E-state index in [1.54, 1.807) is 4.90 Å². The van der Waals surface area contributed by atoms with Gasteiger partial charge in [-0.15, -0.1) is 0 Å². The molecule has 26 heavy (non-hydrogen) atoms. The zero-order chi connectivity index (χ0) is 18.2. The molecule has 3 rings (SSSR count). The van der Waals surface area contributed by atoms with Gasteiger partial charge < -0.3 is 5.32 Å². The minimum Gasteiger partial charge on any atom is -0.337 e. The van der Waals surface area contributed by atoms with E-state index in [4.69, 9.17) is 0 Å². The van der Waals surface area contributed by atoms with Crippen molar-refractivity contribution in [1.82, 2.24) is 5.32 Å². The molecule has 0 spiro atoms. The molecular formula is C22H21BrN2O. The summed E-state index contributed by atoms with van der Waals surface area (Å²) in [6.45, 7) is 1.13. The fourth-order valence-electron chi connectivity index (χ4n) is 2.71. The van der Waals surface area contributed by atoms with Crippen LogP contribution >= 0.6 is 15.9 Å². The number of halogens is 1. The summed E-state index contributed by atoms with van der Waals surface area (Å²) in [7, 11) is 0. The molecule has 0 atom stereocenters. The maximum Gasteiger partial charge on any atom is 0.322 e. The Morgan fingerprint density at radius 2 is 1.42 bits per heavy atom. The molecule has 3 nitrogen and oxygen atoms in total. The van der Waals surface area contributed by atoms with Crippen molar-refractivity contribution in [3.8, 4) is 0 Å². The van der Waals surface area contributed by atoms with Crippen LogP contribution < -0.4 is 10.2 Å². The average Bonchev–Trinajstić information content (AvgIpc) is 2.69. The number of nitrogens with zero attached hydrogens (tertiary/aromatic N) is 1. The first-order chi connectivity index (χ1) is 12.7. The number of carbonyl (C=O) groups excluding carboxylic acids is 1. The zero-order valence-corrected chi connectivity index (χ0v) is 16.0. The Hall–Kier alpha value is -2.59. The van der Waals surface area contributed by atoms with E-state index in [0.29, 0.717) is 13.1 Å². The first kappa shape index (κ1) is 18.2. The highest BCUT2D eigenvalue weighted by molar-refractivity contribution is 9.10. The Kier molecular flexibility index (Phi) is 6.45. The second kappa shape index (κ2) is 9.20. The number of amides is 2. The number of carbonyl (C=O) groups is 1. The highest BCUT2D eigenvalue weighted by Gasteiger charge is 2.15. The third-order valence-electron chi connectivity index (χ3n) is 4.10. The molecule has 1 N–H and O–H groups in total. The van der Waals surface area contributed by atoms with Crippen molar-refractivity contribution in [3.63, 3.8) is 0 Å². The maximum atomic E-state index is 12.8. The fraction of sp³-hybridized carbons (Fsp3) is 0.136. The van der Waals surface area contributed by atoms with Crippen molar-refractivity contribution >= 4 is 27.6 Å². The van der Waals surface area contributed by atoms with Gasteiger partial charge in [-0.25, -0.2) is 4.79 Å². The number of hydrogen-bond acceptors (Lipinski definition) is 1. The summed E-state index contributed by atoms with van der Waals surface area (Å²) in [6.07, 6.45) is 0.799. The van der Waals surface area contributed by atoms with Crippen LogP contribution in [0.2, 0.25) is 0 Å². The summed E-state index contributed by atoms with van der Waals surface area (Å²) >= 11 is 3.44. The lowest BCUT2D eigenvalue weighted by Crippen LogP contribution is -2.40. The minimum atomic E-state index is -0.0860. The van der Waals surface area contributed by atoms with Crippen molar-refractivity contribution in [2.24, 2.45) is 0 Å². The van der Waals surface area contributed by atoms with Crippen molar-refractivity contribution in [1.29, 1.82) is 0 Å². The molecule has 0 saturated heterocycles. The SMILES string of the molecule is O=C(NCCc1ccc(Br)cc1)N(Cc1ccccc1)c1ccccc1. The van der Waals surface area contributed by atoms with E-state index in [9.17, 15) is 4.79 Å². The first-order valence-corrected chi connectivity index (χ1v) is 9.40. The molecule has 0 radical (unpaired) electrons. The Bertz CT molecular complexity index is 820. The summed E-state index contributed by atoms with van der Waals surface area (Å²) in [5.74, 6) is 0. The quantitative estimate of drug-likeness (QED) is 0.580. The fourth-order valence-corrected chi connectivity index (χ4v) is 2.98. The van der Waals surface area contributed by atoms with Crippen LogP contribution in [-0.2, 0) is 13.0 Å². The molecule has 2 amide bonds. The number of anilines is 1. The predicted molar refractivity (Wildman–Crippen MR) is 110 cm³/mol. The standard InChI is InChI=1S/C22H21BrN2O/c23-20-13-11-18(12-14-20)15-16-24-22(26)25(21-9-5-2-6-10-21)17-19-7-3-1-4-8-19/h1-14H,15-17H2,(H,24,26). The first-order valence-electron chi connectivity index (χ1n) is 8.61. The number of urea groups is 1. The van der Waals surface area contributed by atoms with Crippen LogP contribution in [0.15, 0.2) is 89.4 Å². The van der Waals surface area contributed by atoms with Gasteiger partial charge >= 0.3 is 6.03 Å². The Labute approximate surface area is 162 Å². The average molecular weight is 409 g/mol. The highest BCUT2D eigenvalue weighted by atomic mass is 79.9. The molecular weight excluding hydrogens is 388 g/mol. The van der Waals surface area contributed by atoms with E-state index >= 15 is 0 Å². The van der Waals surface area contributed by atoms with Crippen LogP contribution in [0, 0.1) is 0 Å². The van der Waals surface area contributed by atoms with Gasteiger partial charge in [0, 0.05) is 16.7 Å². The molecule has 0 unspecified atom stereocenters. The molecule has 0 aromatic heterocycles. The second-order valence-electron chi connectivity index (χ2n) is 6.02. The summed E-state index contributed by atoms with van der Waals surface area (Å²) in [4.78, 5) is 14.6. The Morgan fingerprint density at radius 3 is 2.08 bits per heavy atom. The lowest BCUT2D eigenvalue weighted by molar-refractivity contribution is 0.246. The van der Waals surface area contributed by atoms with Crippen LogP contribution in [0.1, 0.15) is 11.1 Å². The van der Waals surface area contributed by atoms with Gasteiger partial charge in [0.25, 0.3) is 0 Å². The minimum absolute atomic E-state index is 0.0860. The van der Waals surface area contributed by atoms with Gasteiger partial charge in [0.1, 0.15) is 0 Å². The smallest absolute Gasteiger partial charge is 0.322 e. The molecule has 0 aliphatic heterocycles. The summed E-state index contributed by atoms with van der Waals surface area (Å²) < 4.78 is 1.06. The Balaban J connectivity index is 1.65. The number of para-hydroxylation sites is 1. The van der Waals surface area contributed by atoms with Crippen molar-refractivity contribution in [2.75, 3.05) is 11.4 Å². The zero-order valence-electron chi connectivity index (χ0n) is 14.4. The van der Waals surface area contributed by atoms with Gasteiger partial charge in [-0.1, -0.05) is 76.6 Å². The van der Waals surface area contributed by atoms with E-state index in [2.05, 4.69) is 33.4 Å². The number of hydrogen-bond donors (Lipinski definition) is 1. The molecule has 3 aromatic carbocycles. The van der Waals surface area contributed by atoms with Crippen LogP contribution in [0.3, 0.4) is 0 Å². The number of nitrogens with one attached hydrogen (secondary N) is 1. The van der Waals surface area contributed by atoms with E-state index in [1.807, 2.05) is 72.8 Å². The summed E-state index contributed by atoms with van der Waals surface area (Å²) in [6, 6.07) is 27.9. The third-order valence-corrected chi connectivity index (χ3v) is 4.63. The summed E-state index contributed by atoms with van der Waals surface area (Å²) in [5, 5.41) is 3.04. The molecule has 0 aliphatic carbocycles. The molecule has 0 aliphatic rings. The van der Waals surface area contributed by atoms with Gasteiger partial charge in [-0.05, 0) is 41.8 Å². The maximum absolute atomic E-state index is 12.8. The molecule has 3 aromatic rings.